The highest BCUT2D eigenvalue weighted by molar-refractivity contribution is 7.92. The van der Waals surface area contributed by atoms with Crippen molar-refractivity contribution in [3.05, 3.63) is 11.5 Å². The first-order valence-corrected chi connectivity index (χ1v) is 16.6. The molecule has 38 heavy (non-hydrogen) atoms. The number of sulfonamides is 1. The highest BCUT2D eigenvalue weighted by Crippen LogP contribution is 1.99. The van der Waals surface area contributed by atoms with E-state index in [1.807, 2.05) is 18.6 Å². The Labute approximate surface area is 230 Å². The van der Waals surface area contributed by atoms with Crippen molar-refractivity contribution in [3.8, 4) is 0 Å². The minimum atomic E-state index is -3.92. The first-order valence-electron chi connectivity index (χ1n) is 12.1. The standard InChI is InChI=1S/C8H17NO2S.C7H16N2O3S.C7H15NO4S/c1-7(2)5-6-12(10,11)9-8(3)4;1-5(2)7(10)9-13(11,12)8-6(3)4;1-5(2)7(9)8-13(10,11)12-6(3)4/h5-9H,1-4H3;5-6,8H,1-4H3,(H,9,10);5-6H,1-4H3,(H,8,9)/b6-5+;;. The van der Waals surface area contributed by atoms with Crippen LogP contribution in [0.15, 0.2) is 11.5 Å². The average molecular weight is 609 g/mol. The van der Waals surface area contributed by atoms with Crippen molar-refractivity contribution in [2.24, 2.45) is 17.8 Å². The molecule has 16 heteroatoms. The summed E-state index contributed by atoms with van der Waals surface area (Å²) in [5.74, 6) is -1.54. The van der Waals surface area contributed by atoms with Gasteiger partial charge in [0.2, 0.25) is 21.8 Å². The molecule has 0 heterocycles. The molecular formula is C22H48N4O9S3. The lowest BCUT2D eigenvalue weighted by Gasteiger charge is -2.11. The largest absolute Gasteiger partial charge is 0.362 e. The summed E-state index contributed by atoms with van der Waals surface area (Å²) in [7, 11) is -10.8. The molecule has 0 aliphatic rings. The molecule has 13 nitrogen and oxygen atoms in total. The number of hydrogen-bond donors (Lipinski definition) is 4. The van der Waals surface area contributed by atoms with Crippen LogP contribution in [0.4, 0.5) is 0 Å². The van der Waals surface area contributed by atoms with Crippen LogP contribution in [0.25, 0.3) is 0 Å². The van der Waals surface area contributed by atoms with Gasteiger partial charge >= 0.3 is 20.5 Å². The molecule has 0 fully saturated rings. The van der Waals surface area contributed by atoms with E-state index in [1.165, 1.54) is 5.41 Å². The Balaban J connectivity index is -0.000000484. The van der Waals surface area contributed by atoms with Gasteiger partial charge in [0.05, 0.1) is 6.10 Å². The summed E-state index contributed by atoms with van der Waals surface area (Å²) in [6.07, 6.45) is 1.18. The fourth-order valence-corrected chi connectivity index (χ4v) is 5.21. The summed E-state index contributed by atoms with van der Waals surface area (Å²) in [6, 6.07) is -0.274. The molecular weight excluding hydrogens is 560 g/mol. The zero-order valence-corrected chi connectivity index (χ0v) is 27.0. The van der Waals surface area contributed by atoms with Crippen LogP contribution in [0.2, 0.25) is 0 Å². The van der Waals surface area contributed by atoms with E-state index in [2.05, 4.69) is 13.6 Å². The molecule has 0 unspecified atom stereocenters. The van der Waals surface area contributed by atoms with Gasteiger partial charge in [0.15, 0.2) is 0 Å². The van der Waals surface area contributed by atoms with E-state index in [9.17, 15) is 34.8 Å². The number of rotatable bonds is 12. The summed E-state index contributed by atoms with van der Waals surface area (Å²) in [5, 5.41) is 1.22. The van der Waals surface area contributed by atoms with Gasteiger partial charge < -0.3 is 0 Å². The van der Waals surface area contributed by atoms with E-state index in [0.29, 0.717) is 0 Å². The van der Waals surface area contributed by atoms with Gasteiger partial charge in [-0.05, 0) is 47.5 Å². The number of nitrogens with one attached hydrogen (secondary N) is 4. The smallest absolute Gasteiger partial charge is 0.274 e. The number of hydrogen-bond acceptors (Lipinski definition) is 9. The first kappa shape index (κ1) is 40.9. The molecule has 0 aliphatic carbocycles. The average Bonchev–Trinajstić information content (AvgIpc) is 2.63. The van der Waals surface area contributed by atoms with Crippen molar-refractivity contribution < 1.29 is 39.0 Å². The Bertz CT molecular complexity index is 990. The minimum Gasteiger partial charge on any atom is -0.274 e. The van der Waals surface area contributed by atoms with E-state index in [1.54, 1.807) is 80.0 Å². The maximum atomic E-state index is 11.1. The lowest BCUT2D eigenvalue weighted by atomic mass is 10.2. The molecule has 0 spiro atoms. The van der Waals surface area contributed by atoms with Crippen molar-refractivity contribution in [1.29, 1.82) is 0 Å². The Kier molecular flexibility index (Phi) is 20.1. The van der Waals surface area contributed by atoms with Crippen LogP contribution in [0.5, 0.6) is 0 Å². The van der Waals surface area contributed by atoms with Gasteiger partial charge in [-0.2, -0.15) is 21.6 Å². The van der Waals surface area contributed by atoms with E-state index in [4.69, 9.17) is 0 Å². The van der Waals surface area contributed by atoms with Crippen molar-refractivity contribution in [2.45, 2.75) is 101 Å². The normalized spacial score (nSPS) is 12.6. The zero-order chi connectivity index (χ0) is 31.1. The van der Waals surface area contributed by atoms with Gasteiger partial charge in [-0.25, -0.2) is 22.6 Å². The van der Waals surface area contributed by atoms with E-state index in [0.717, 1.165) is 0 Å². The van der Waals surface area contributed by atoms with E-state index >= 15 is 0 Å². The minimum absolute atomic E-state index is 0.0492. The van der Waals surface area contributed by atoms with Crippen LogP contribution in [-0.4, -0.2) is 55.3 Å². The molecule has 2 amide bonds. The number of carbonyl (C=O) groups is 2. The van der Waals surface area contributed by atoms with Gasteiger partial charge in [0.1, 0.15) is 0 Å². The van der Waals surface area contributed by atoms with Gasteiger partial charge in [-0.15, -0.1) is 0 Å². The molecule has 228 valence electrons. The van der Waals surface area contributed by atoms with Crippen molar-refractivity contribution in [1.82, 2.24) is 18.9 Å². The Morgan fingerprint density at radius 2 is 1.03 bits per heavy atom. The molecule has 0 atom stereocenters. The van der Waals surface area contributed by atoms with Crippen molar-refractivity contribution in [3.63, 3.8) is 0 Å². The third-order valence-electron chi connectivity index (χ3n) is 3.26. The van der Waals surface area contributed by atoms with Crippen molar-refractivity contribution >= 4 is 42.4 Å². The third kappa shape index (κ3) is 27.4. The summed E-state index contributed by atoms with van der Waals surface area (Å²) >= 11 is 0. The summed E-state index contributed by atoms with van der Waals surface area (Å²) in [5.41, 5.74) is 0. The quantitative estimate of drug-likeness (QED) is 0.256. The van der Waals surface area contributed by atoms with Gasteiger partial charge in [0.25, 0.3) is 0 Å². The highest BCUT2D eigenvalue weighted by Gasteiger charge is 2.19. The van der Waals surface area contributed by atoms with Gasteiger partial charge in [-0.3, -0.25) is 13.8 Å². The summed E-state index contributed by atoms with van der Waals surface area (Å²) < 4.78 is 79.4. The lowest BCUT2D eigenvalue weighted by Crippen LogP contribution is -2.44. The molecule has 4 N–H and O–H groups in total. The van der Waals surface area contributed by atoms with Crippen LogP contribution in [0, 0.1) is 17.8 Å². The zero-order valence-electron chi connectivity index (χ0n) is 24.5. The van der Waals surface area contributed by atoms with Crippen LogP contribution in [0.3, 0.4) is 0 Å². The molecule has 0 bridgehead atoms. The topological polar surface area (TPSA) is 194 Å². The fraction of sp³-hybridized carbons (Fsp3) is 0.818. The Hall–Kier alpha value is -1.59. The molecule has 0 saturated heterocycles. The molecule has 0 rings (SSSR count). The maximum absolute atomic E-state index is 11.1. The molecule has 0 aliphatic heterocycles. The Morgan fingerprint density at radius 3 is 1.34 bits per heavy atom. The summed E-state index contributed by atoms with van der Waals surface area (Å²) in [4.78, 5) is 22.0. The predicted molar refractivity (Wildman–Crippen MR) is 149 cm³/mol. The maximum Gasteiger partial charge on any atom is 0.362 e. The van der Waals surface area contributed by atoms with Crippen LogP contribution >= 0.6 is 0 Å². The molecule has 0 aromatic heterocycles. The molecule has 0 radical (unpaired) electrons. The highest BCUT2D eigenvalue weighted by atomic mass is 32.2. The fourth-order valence-electron chi connectivity index (χ4n) is 1.74. The predicted octanol–water partition coefficient (Wildman–Crippen LogP) is 1.91. The van der Waals surface area contributed by atoms with Gasteiger partial charge in [0, 0.05) is 29.3 Å². The number of allylic oxidation sites excluding steroid dienone is 1. The molecule has 0 aromatic rings. The second kappa shape index (κ2) is 18.7. The SMILES string of the molecule is CC(C)/C=C/S(=O)(=O)NC(C)C.CC(C)NS(=O)(=O)NC(=O)C(C)C.CC(C)OS(=O)(=O)NC(=O)C(C)C. The first-order chi connectivity index (χ1) is 16.8. The monoisotopic (exact) mass is 608 g/mol. The van der Waals surface area contributed by atoms with E-state index < -0.39 is 48.5 Å². The molecule has 0 saturated carbocycles. The van der Waals surface area contributed by atoms with Crippen LogP contribution in [0.1, 0.15) is 83.1 Å². The second-order valence-electron chi connectivity index (χ2n) is 10.0. The number of amides is 2. The molecule has 0 aromatic carbocycles. The van der Waals surface area contributed by atoms with E-state index in [-0.39, 0.29) is 29.8 Å². The van der Waals surface area contributed by atoms with Crippen molar-refractivity contribution in [2.75, 3.05) is 0 Å². The van der Waals surface area contributed by atoms with Crippen LogP contribution in [-0.2, 0) is 44.3 Å². The second-order valence-corrected chi connectivity index (χ2v) is 14.4. The number of carbonyl (C=O) groups excluding carboxylic acids is 2. The lowest BCUT2D eigenvalue weighted by molar-refractivity contribution is -0.123. The summed E-state index contributed by atoms with van der Waals surface area (Å²) in [6.45, 7) is 20.4. The third-order valence-corrected chi connectivity index (χ3v) is 6.92. The van der Waals surface area contributed by atoms with Crippen LogP contribution < -0.4 is 18.9 Å². The van der Waals surface area contributed by atoms with Gasteiger partial charge in [-0.1, -0.05) is 47.6 Å². The Morgan fingerprint density at radius 1 is 0.632 bits per heavy atom.